The molecule has 144 valence electrons. The molecule has 1 aliphatic heterocycles. The molecule has 9 nitrogen and oxygen atoms in total. The van der Waals surface area contributed by atoms with Crippen molar-refractivity contribution in [3.63, 3.8) is 0 Å². The lowest BCUT2D eigenvalue weighted by Crippen LogP contribution is -2.28. The molecule has 1 saturated carbocycles. The van der Waals surface area contributed by atoms with Gasteiger partial charge in [-0.2, -0.15) is 4.98 Å². The standard InChI is InChI=1S/C17H16ClFN8O/c18-16-21-4-13(19)14(24-16)26-6-11-10(12(11)7-26)1-2-20-15(28)9-3-22-17-25-23-8-27(17)5-9/h3-5,8,10-12H,1-2,6-7H2,(H,20,28)/t10?,11-,12+. The summed E-state index contributed by atoms with van der Waals surface area (Å²) in [6.45, 7) is 2.09. The number of anilines is 1. The second-order valence-corrected chi connectivity index (χ2v) is 7.47. The third-order valence-electron chi connectivity index (χ3n) is 5.54. The summed E-state index contributed by atoms with van der Waals surface area (Å²) < 4.78 is 15.5. The maximum Gasteiger partial charge on any atom is 0.254 e. The number of nitrogens with zero attached hydrogens (tertiary/aromatic N) is 7. The van der Waals surface area contributed by atoms with Crippen LogP contribution >= 0.6 is 11.6 Å². The molecule has 1 N–H and O–H groups in total. The largest absolute Gasteiger partial charge is 0.353 e. The van der Waals surface area contributed by atoms with Gasteiger partial charge in [-0.05, 0) is 35.8 Å². The molecule has 0 bridgehead atoms. The minimum Gasteiger partial charge on any atom is -0.353 e. The van der Waals surface area contributed by atoms with E-state index in [2.05, 4.69) is 30.5 Å². The van der Waals surface area contributed by atoms with E-state index in [0.29, 0.717) is 35.6 Å². The summed E-state index contributed by atoms with van der Waals surface area (Å²) >= 11 is 5.78. The van der Waals surface area contributed by atoms with Crippen molar-refractivity contribution in [2.45, 2.75) is 6.42 Å². The van der Waals surface area contributed by atoms with Gasteiger partial charge in [-0.1, -0.05) is 0 Å². The molecular formula is C17H16ClFN8O. The van der Waals surface area contributed by atoms with Crippen LogP contribution in [0.5, 0.6) is 0 Å². The molecule has 1 amide bonds. The molecule has 3 atom stereocenters. The minimum atomic E-state index is -0.451. The van der Waals surface area contributed by atoms with Gasteiger partial charge < -0.3 is 10.2 Å². The summed E-state index contributed by atoms with van der Waals surface area (Å²) in [6.07, 6.45) is 6.65. The quantitative estimate of drug-likeness (QED) is 0.640. The fourth-order valence-electron chi connectivity index (χ4n) is 4.11. The van der Waals surface area contributed by atoms with Gasteiger partial charge in [-0.3, -0.25) is 9.20 Å². The Morgan fingerprint density at radius 3 is 2.93 bits per heavy atom. The minimum absolute atomic E-state index is 0.0513. The number of amides is 1. The Labute approximate surface area is 164 Å². The monoisotopic (exact) mass is 402 g/mol. The number of nitrogens with one attached hydrogen (secondary N) is 1. The van der Waals surface area contributed by atoms with Crippen LogP contribution in [0.4, 0.5) is 10.2 Å². The first-order valence-electron chi connectivity index (χ1n) is 8.97. The van der Waals surface area contributed by atoms with E-state index < -0.39 is 5.82 Å². The third kappa shape index (κ3) is 3.03. The molecule has 5 rings (SSSR count). The van der Waals surface area contributed by atoms with E-state index in [1.54, 1.807) is 10.6 Å². The van der Waals surface area contributed by atoms with E-state index in [9.17, 15) is 9.18 Å². The highest BCUT2D eigenvalue weighted by molar-refractivity contribution is 6.28. The van der Waals surface area contributed by atoms with Gasteiger partial charge in [0.25, 0.3) is 11.7 Å². The van der Waals surface area contributed by atoms with Crippen molar-refractivity contribution in [2.75, 3.05) is 24.5 Å². The lowest BCUT2D eigenvalue weighted by molar-refractivity contribution is 0.0951. The first kappa shape index (κ1) is 17.2. The van der Waals surface area contributed by atoms with E-state index in [1.807, 2.05) is 4.90 Å². The predicted octanol–water partition coefficient (Wildman–Crippen LogP) is 1.21. The Morgan fingerprint density at radius 2 is 2.11 bits per heavy atom. The van der Waals surface area contributed by atoms with Crippen molar-refractivity contribution >= 4 is 29.1 Å². The van der Waals surface area contributed by atoms with Crippen LogP contribution < -0.4 is 10.2 Å². The van der Waals surface area contributed by atoms with Crippen LogP contribution in [0.1, 0.15) is 16.8 Å². The number of fused-ring (bicyclic) bond motifs is 2. The van der Waals surface area contributed by atoms with Gasteiger partial charge in [0, 0.05) is 32.0 Å². The Morgan fingerprint density at radius 1 is 1.29 bits per heavy atom. The van der Waals surface area contributed by atoms with Crippen LogP contribution in [0.15, 0.2) is 24.9 Å². The van der Waals surface area contributed by atoms with Gasteiger partial charge in [0.2, 0.25) is 5.28 Å². The number of carbonyl (C=O) groups is 1. The molecule has 28 heavy (non-hydrogen) atoms. The topological polar surface area (TPSA) is 101 Å². The number of hydrogen-bond acceptors (Lipinski definition) is 7. The zero-order valence-corrected chi connectivity index (χ0v) is 15.4. The molecule has 1 aliphatic carbocycles. The van der Waals surface area contributed by atoms with Gasteiger partial charge in [0.1, 0.15) is 6.33 Å². The van der Waals surface area contributed by atoms with E-state index in [-0.39, 0.29) is 17.0 Å². The second-order valence-electron chi connectivity index (χ2n) is 7.13. The van der Waals surface area contributed by atoms with E-state index in [4.69, 9.17) is 11.6 Å². The molecule has 1 unspecified atom stereocenters. The summed E-state index contributed by atoms with van der Waals surface area (Å²) in [5.41, 5.74) is 0.464. The van der Waals surface area contributed by atoms with Crippen LogP contribution in [0.25, 0.3) is 5.78 Å². The highest BCUT2D eigenvalue weighted by Gasteiger charge is 2.55. The zero-order valence-electron chi connectivity index (χ0n) is 14.7. The molecule has 2 aliphatic rings. The van der Waals surface area contributed by atoms with Gasteiger partial charge >= 0.3 is 0 Å². The maximum atomic E-state index is 13.9. The van der Waals surface area contributed by atoms with E-state index in [0.717, 1.165) is 25.7 Å². The summed E-state index contributed by atoms with van der Waals surface area (Å²) in [6, 6.07) is 0. The number of halogens is 2. The molecule has 4 heterocycles. The molecule has 11 heteroatoms. The van der Waals surface area contributed by atoms with Gasteiger partial charge in [-0.25, -0.2) is 14.4 Å². The zero-order chi connectivity index (χ0) is 19.3. The molecule has 3 aromatic rings. The number of aromatic nitrogens is 6. The number of piperidine rings is 1. The Balaban J connectivity index is 1.12. The van der Waals surface area contributed by atoms with Crippen LogP contribution in [-0.2, 0) is 0 Å². The first-order valence-corrected chi connectivity index (χ1v) is 9.34. The number of hydrogen-bond donors (Lipinski definition) is 1. The molecule has 2 fully saturated rings. The summed E-state index contributed by atoms with van der Waals surface area (Å²) in [5.74, 6) is 1.64. The SMILES string of the molecule is O=C(NCCC1[C@H]2CN(c3nc(Cl)ncc3F)C[C@@H]12)c1cnc2nncn2c1. The van der Waals surface area contributed by atoms with Gasteiger partial charge in [-0.15, -0.1) is 10.2 Å². The van der Waals surface area contributed by atoms with Crippen molar-refractivity contribution in [1.29, 1.82) is 0 Å². The first-order chi connectivity index (χ1) is 13.6. The normalized spacial score (nSPS) is 23.1. The summed E-state index contributed by atoms with van der Waals surface area (Å²) in [5, 5.41) is 10.5. The van der Waals surface area contributed by atoms with Crippen LogP contribution in [0.3, 0.4) is 0 Å². The smallest absolute Gasteiger partial charge is 0.254 e. The number of rotatable bonds is 5. The highest BCUT2D eigenvalue weighted by atomic mass is 35.5. The van der Waals surface area contributed by atoms with Crippen molar-refractivity contribution in [1.82, 2.24) is 34.9 Å². The lowest BCUT2D eigenvalue weighted by atomic mass is 10.2. The maximum absolute atomic E-state index is 13.9. The lowest BCUT2D eigenvalue weighted by Gasteiger charge is -2.21. The van der Waals surface area contributed by atoms with Crippen molar-refractivity contribution < 1.29 is 9.18 Å². The predicted molar refractivity (Wildman–Crippen MR) is 97.4 cm³/mol. The Hall–Kier alpha value is -2.88. The fraction of sp³-hybridized carbons (Fsp3) is 0.412. The summed E-state index contributed by atoms with van der Waals surface area (Å²) in [4.78, 5) is 25.9. The van der Waals surface area contributed by atoms with Gasteiger partial charge in [0.15, 0.2) is 11.6 Å². The molecular weight excluding hydrogens is 387 g/mol. The van der Waals surface area contributed by atoms with E-state index in [1.165, 1.54) is 12.5 Å². The van der Waals surface area contributed by atoms with Crippen LogP contribution in [-0.4, -0.2) is 55.1 Å². The highest BCUT2D eigenvalue weighted by Crippen LogP contribution is 2.54. The second kappa shape index (κ2) is 6.62. The Kier molecular flexibility index (Phi) is 4.08. The average molecular weight is 403 g/mol. The molecule has 0 spiro atoms. The molecule has 3 aromatic heterocycles. The molecule has 0 radical (unpaired) electrons. The van der Waals surface area contributed by atoms with E-state index >= 15 is 0 Å². The number of carbonyl (C=O) groups excluding carboxylic acids is 1. The van der Waals surface area contributed by atoms with Crippen LogP contribution in [0, 0.1) is 23.6 Å². The fourth-order valence-corrected chi connectivity index (χ4v) is 4.24. The Bertz CT molecular complexity index is 1050. The average Bonchev–Trinajstić information content (AvgIpc) is 3.08. The molecule has 1 saturated heterocycles. The van der Waals surface area contributed by atoms with Crippen molar-refractivity contribution in [3.8, 4) is 0 Å². The third-order valence-corrected chi connectivity index (χ3v) is 5.73. The summed E-state index contributed by atoms with van der Waals surface area (Å²) in [7, 11) is 0. The van der Waals surface area contributed by atoms with Crippen LogP contribution in [0.2, 0.25) is 5.28 Å². The van der Waals surface area contributed by atoms with Crippen molar-refractivity contribution in [2.24, 2.45) is 17.8 Å². The molecule has 0 aromatic carbocycles. The van der Waals surface area contributed by atoms with Gasteiger partial charge in [0.05, 0.1) is 11.8 Å². The van der Waals surface area contributed by atoms with Crippen molar-refractivity contribution in [3.05, 3.63) is 41.6 Å².